The molecule has 0 amide bonds. The number of anilines is 1. The van der Waals surface area contributed by atoms with E-state index < -0.39 is 0 Å². The Bertz CT molecular complexity index is 968. The lowest BCUT2D eigenvalue weighted by Gasteiger charge is -2.10. The molecule has 0 unspecified atom stereocenters. The predicted molar refractivity (Wildman–Crippen MR) is 82.7 cm³/mol. The van der Waals surface area contributed by atoms with E-state index >= 15 is 0 Å². The summed E-state index contributed by atoms with van der Waals surface area (Å²) in [5.74, 6) is 1.52. The van der Waals surface area contributed by atoms with Crippen LogP contribution in [0.3, 0.4) is 0 Å². The Morgan fingerprint density at radius 2 is 1.91 bits per heavy atom. The van der Waals surface area contributed by atoms with Gasteiger partial charge in [0.15, 0.2) is 16.9 Å². The molecule has 4 rings (SSSR count). The van der Waals surface area contributed by atoms with E-state index in [2.05, 4.69) is 5.48 Å². The molecule has 1 aromatic heterocycles. The molecular weight excluding hydrogens is 298 g/mol. The van der Waals surface area contributed by atoms with Crippen molar-refractivity contribution in [1.82, 2.24) is 0 Å². The quantitative estimate of drug-likeness (QED) is 0.903. The second-order valence-electron chi connectivity index (χ2n) is 5.09. The van der Waals surface area contributed by atoms with Gasteiger partial charge in [0, 0.05) is 23.8 Å². The molecule has 0 saturated heterocycles. The molecule has 0 radical (unpaired) electrons. The summed E-state index contributed by atoms with van der Waals surface area (Å²) in [5, 5.41) is 0. The topological polar surface area (TPSA) is 69.9 Å². The number of hydrogen-bond acceptors (Lipinski definition) is 6. The highest BCUT2D eigenvalue weighted by molar-refractivity contribution is 6.10. The summed E-state index contributed by atoms with van der Waals surface area (Å²) in [6, 6.07) is 5.44. The van der Waals surface area contributed by atoms with E-state index in [1.165, 1.54) is 13.2 Å². The van der Waals surface area contributed by atoms with Gasteiger partial charge in [-0.1, -0.05) is 0 Å². The normalized spacial score (nSPS) is 14.5. The maximum absolute atomic E-state index is 12.3. The van der Waals surface area contributed by atoms with Crippen molar-refractivity contribution in [2.75, 3.05) is 19.7 Å². The molecule has 2 heterocycles. The summed E-state index contributed by atoms with van der Waals surface area (Å²) in [6.45, 7) is 0. The number of ketones is 1. The zero-order chi connectivity index (χ0) is 16.0. The molecule has 116 valence electrons. The fourth-order valence-corrected chi connectivity index (χ4v) is 2.60. The monoisotopic (exact) mass is 311 g/mol. The second kappa shape index (κ2) is 4.95. The summed E-state index contributed by atoms with van der Waals surface area (Å²) in [4.78, 5) is 17.9. The van der Waals surface area contributed by atoms with Crippen LogP contribution in [0, 0.1) is 0 Å². The minimum atomic E-state index is -0.197. The Balaban J connectivity index is 1.91. The Morgan fingerprint density at radius 1 is 1.04 bits per heavy atom. The molecule has 1 aromatic carbocycles. The number of rotatable bonds is 2. The Hall–Kier alpha value is -3.15. The SMILES string of the molecule is COC1=CC(=O)c2c3c(oc2=C1)=Cc1ccc(OC)cc1ON3. The van der Waals surface area contributed by atoms with Crippen molar-refractivity contribution in [3.05, 3.63) is 52.0 Å². The van der Waals surface area contributed by atoms with Crippen LogP contribution < -0.4 is 25.9 Å². The molecule has 0 bridgehead atoms. The van der Waals surface area contributed by atoms with Gasteiger partial charge in [-0.3, -0.25) is 4.79 Å². The maximum atomic E-state index is 12.3. The van der Waals surface area contributed by atoms with E-state index in [1.807, 2.05) is 18.2 Å². The fourth-order valence-electron chi connectivity index (χ4n) is 2.60. The molecule has 0 atom stereocenters. The Kier molecular flexibility index (Phi) is 2.90. The van der Waals surface area contributed by atoms with Crippen LogP contribution in [0.4, 0.5) is 5.69 Å². The Labute approximate surface area is 131 Å². The van der Waals surface area contributed by atoms with Crippen molar-refractivity contribution in [2.24, 2.45) is 0 Å². The fraction of sp³-hybridized carbons (Fsp3) is 0.118. The van der Waals surface area contributed by atoms with Crippen molar-refractivity contribution >= 4 is 23.6 Å². The van der Waals surface area contributed by atoms with Gasteiger partial charge in [-0.25, -0.2) is 5.48 Å². The molecule has 1 aliphatic heterocycles. The van der Waals surface area contributed by atoms with E-state index in [0.29, 0.717) is 39.3 Å². The van der Waals surface area contributed by atoms with Crippen LogP contribution in [0.1, 0.15) is 15.9 Å². The lowest BCUT2D eigenvalue weighted by molar-refractivity contribution is 0.103. The summed E-state index contributed by atoms with van der Waals surface area (Å²) < 4.78 is 16.1. The highest BCUT2D eigenvalue weighted by Gasteiger charge is 2.24. The molecule has 6 nitrogen and oxygen atoms in total. The van der Waals surface area contributed by atoms with Gasteiger partial charge < -0.3 is 18.7 Å². The van der Waals surface area contributed by atoms with Crippen molar-refractivity contribution in [2.45, 2.75) is 0 Å². The van der Waals surface area contributed by atoms with Crippen LogP contribution in [0.5, 0.6) is 11.5 Å². The lowest BCUT2D eigenvalue weighted by Crippen LogP contribution is -2.18. The number of benzene rings is 1. The van der Waals surface area contributed by atoms with Gasteiger partial charge in [0.2, 0.25) is 0 Å². The van der Waals surface area contributed by atoms with E-state index in [1.54, 1.807) is 19.3 Å². The second-order valence-corrected chi connectivity index (χ2v) is 5.09. The van der Waals surface area contributed by atoms with Crippen LogP contribution in [0.2, 0.25) is 0 Å². The standard InChI is InChI=1S/C17H13NO5/c1-20-10-4-3-9-5-15-17(18-23-13(9)7-10)16-12(19)6-11(21-2)8-14(16)22-15/h3-8,18H,1-2H3. The van der Waals surface area contributed by atoms with Gasteiger partial charge in [0.1, 0.15) is 22.6 Å². The summed E-state index contributed by atoms with van der Waals surface area (Å²) in [7, 11) is 3.09. The van der Waals surface area contributed by atoms with Gasteiger partial charge in [0.05, 0.1) is 19.8 Å². The molecule has 2 aliphatic rings. The van der Waals surface area contributed by atoms with E-state index in [0.717, 1.165) is 5.56 Å². The third kappa shape index (κ3) is 2.07. The number of nitrogens with one attached hydrogen (secondary N) is 1. The molecule has 0 spiro atoms. The van der Waals surface area contributed by atoms with Gasteiger partial charge in [-0.05, 0) is 18.2 Å². The highest BCUT2D eigenvalue weighted by atomic mass is 16.6. The third-order valence-electron chi connectivity index (χ3n) is 3.76. The molecule has 1 N–H and O–H groups in total. The zero-order valence-electron chi connectivity index (χ0n) is 12.5. The zero-order valence-corrected chi connectivity index (χ0v) is 12.5. The minimum Gasteiger partial charge on any atom is -0.497 e. The van der Waals surface area contributed by atoms with Crippen molar-refractivity contribution in [3.63, 3.8) is 0 Å². The molecule has 0 fully saturated rings. The van der Waals surface area contributed by atoms with Crippen LogP contribution in [-0.2, 0) is 4.74 Å². The molecule has 1 aliphatic carbocycles. The number of methoxy groups -OCH3 is 2. The van der Waals surface area contributed by atoms with Gasteiger partial charge in [-0.15, -0.1) is 0 Å². The smallest absolute Gasteiger partial charge is 0.195 e. The molecule has 0 saturated carbocycles. The van der Waals surface area contributed by atoms with Gasteiger partial charge >= 0.3 is 0 Å². The lowest BCUT2D eigenvalue weighted by atomic mass is 10.1. The third-order valence-corrected chi connectivity index (χ3v) is 3.76. The maximum Gasteiger partial charge on any atom is 0.195 e. The van der Waals surface area contributed by atoms with E-state index in [4.69, 9.17) is 18.7 Å². The van der Waals surface area contributed by atoms with Crippen LogP contribution >= 0.6 is 0 Å². The number of ether oxygens (including phenoxy) is 2. The largest absolute Gasteiger partial charge is 0.497 e. The average molecular weight is 311 g/mol. The minimum absolute atomic E-state index is 0.197. The van der Waals surface area contributed by atoms with Crippen LogP contribution in [0.15, 0.2) is 34.5 Å². The molecular formula is C17H13NO5. The number of hydrogen-bond donors (Lipinski definition) is 1. The first-order valence-electron chi connectivity index (χ1n) is 6.97. The van der Waals surface area contributed by atoms with Crippen LogP contribution in [-0.4, -0.2) is 20.0 Å². The first kappa shape index (κ1) is 13.5. The number of carbonyl (C=O) groups is 1. The Morgan fingerprint density at radius 3 is 2.70 bits per heavy atom. The molecule has 2 aromatic rings. The van der Waals surface area contributed by atoms with Gasteiger partial charge in [0.25, 0.3) is 0 Å². The predicted octanol–water partition coefficient (Wildman–Crippen LogP) is 1.34. The number of allylic oxidation sites excluding steroid dienone is 2. The highest BCUT2D eigenvalue weighted by Crippen LogP contribution is 2.28. The molecule has 6 heteroatoms. The number of furan rings is 1. The average Bonchev–Trinajstić information content (AvgIpc) is 2.81. The van der Waals surface area contributed by atoms with Gasteiger partial charge in [-0.2, -0.15) is 0 Å². The number of fused-ring (bicyclic) bond motifs is 4. The van der Waals surface area contributed by atoms with Crippen molar-refractivity contribution in [3.8, 4) is 11.5 Å². The summed E-state index contributed by atoms with van der Waals surface area (Å²) >= 11 is 0. The summed E-state index contributed by atoms with van der Waals surface area (Å²) in [6.07, 6.45) is 4.91. The first-order chi connectivity index (χ1) is 11.2. The molecule has 23 heavy (non-hydrogen) atoms. The van der Waals surface area contributed by atoms with E-state index in [-0.39, 0.29) is 5.78 Å². The van der Waals surface area contributed by atoms with Crippen molar-refractivity contribution in [1.29, 1.82) is 0 Å². The first-order valence-corrected chi connectivity index (χ1v) is 6.97. The summed E-state index contributed by atoms with van der Waals surface area (Å²) in [5.41, 5.74) is 5.53. The van der Waals surface area contributed by atoms with Crippen LogP contribution in [0.25, 0.3) is 12.2 Å². The number of carbonyl (C=O) groups excluding carboxylic acids is 1. The van der Waals surface area contributed by atoms with Crippen molar-refractivity contribution < 1.29 is 23.5 Å². The van der Waals surface area contributed by atoms with E-state index in [9.17, 15) is 4.79 Å².